The average molecular weight is 400 g/mol. The van der Waals surface area contributed by atoms with E-state index in [4.69, 9.17) is 4.74 Å². The zero-order chi connectivity index (χ0) is 20.6. The number of amides is 1. The molecule has 0 bridgehead atoms. The van der Waals surface area contributed by atoms with E-state index in [9.17, 15) is 14.7 Å². The number of aliphatic carboxylic acids is 1. The van der Waals surface area contributed by atoms with Gasteiger partial charge < -0.3 is 19.7 Å². The number of hydrogen-bond acceptors (Lipinski definition) is 5. The third-order valence-electron chi connectivity index (χ3n) is 5.05. The van der Waals surface area contributed by atoms with Gasteiger partial charge in [-0.1, -0.05) is 37.3 Å². The molecule has 1 aliphatic rings. The summed E-state index contributed by atoms with van der Waals surface area (Å²) in [5, 5.41) is 12.5. The molecule has 1 aromatic heterocycles. The fourth-order valence-electron chi connectivity index (χ4n) is 3.58. The van der Waals surface area contributed by atoms with Gasteiger partial charge in [0.05, 0.1) is 12.0 Å². The predicted octanol–water partition coefficient (Wildman–Crippen LogP) is 2.29. The Kier molecular flexibility index (Phi) is 7.24. The molecule has 0 saturated carbocycles. The molecule has 156 valence electrons. The highest BCUT2D eigenvalue weighted by Crippen LogP contribution is 2.17. The van der Waals surface area contributed by atoms with Crippen LogP contribution in [0.4, 0.5) is 4.79 Å². The van der Waals surface area contributed by atoms with Crippen LogP contribution >= 0.6 is 0 Å². The van der Waals surface area contributed by atoms with Gasteiger partial charge in [0.25, 0.3) is 0 Å². The SMILES string of the molecule is CCCn1cnc(CC(C(=O)O)N2CC[C@H](NC(=O)OCc3ccccc3)C2)c1. The molecule has 0 aliphatic carbocycles. The van der Waals surface area contributed by atoms with Gasteiger partial charge in [-0.2, -0.15) is 0 Å². The molecule has 1 unspecified atom stereocenters. The standard InChI is InChI=1S/C21H28N4O4/c1-2-9-24-12-18(22-15-24)11-19(20(26)27)25-10-8-17(13-25)23-21(28)29-14-16-6-4-3-5-7-16/h3-7,12,15,17,19H,2,8-11,13-14H2,1H3,(H,23,28)(H,26,27)/t17-,19?/m0/s1. The summed E-state index contributed by atoms with van der Waals surface area (Å²) in [7, 11) is 0. The second-order valence-corrected chi connectivity index (χ2v) is 7.35. The molecule has 29 heavy (non-hydrogen) atoms. The number of carboxylic acids is 1. The maximum atomic E-state index is 12.1. The maximum Gasteiger partial charge on any atom is 0.407 e. The van der Waals surface area contributed by atoms with Crippen molar-refractivity contribution in [1.29, 1.82) is 0 Å². The molecule has 0 spiro atoms. The third kappa shape index (κ3) is 6.05. The number of likely N-dealkylation sites (tertiary alicyclic amines) is 1. The monoisotopic (exact) mass is 400 g/mol. The maximum absolute atomic E-state index is 12.1. The van der Waals surface area contributed by atoms with E-state index in [1.165, 1.54) is 0 Å². The lowest BCUT2D eigenvalue weighted by Crippen LogP contribution is -2.44. The van der Waals surface area contributed by atoms with Crippen molar-refractivity contribution in [3.05, 3.63) is 54.1 Å². The number of carbonyl (C=O) groups is 2. The van der Waals surface area contributed by atoms with Gasteiger partial charge in [0.15, 0.2) is 0 Å². The first-order valence-electron chi connectivity index (χ1n) is 10.00. The normalized spacial score (nSPS) is 17.8. The minimum atomic E-state index is -0.873. The van der Waals surface area contributed by atoms with E-state index in [1.54, 1.807) is 6.33 Å². The second kappa shape index (κ2) is 10.1. The van der Waals surface area contributed by atoms with Crippen molar-refractivity contribution in [2.45, 2.75) is 51.4 Å². The number of ether oxygens (including phenoxy) is 1. The van der Waals surface area contributed by atoms with Crippen molar-refractivity contribution in [1.82, 2.24) is 19.8 Å². The molecule has 8 heteroatoms. The number of rotatable bonds is 9. The summed E-state index contributed by atoms with van der Waals surface area (Å²) < 4.78 is 7.23. The fraction of sp³-hybridized carbons (Fsp3) is 0.476. The van der Waals surface area contributed by atoms with Crippen LogP contribution < -0.4 is 5.32 Å². The molecule has 1 aromatic carbocycles. The van der Waals surface area contributed by atoms with Gasteiger partial charge in [-0.05, 0) is 18.4 Å². The van der Waals surface area contributed by atoms with Gasteiger partial charge >= 0.3 is 12.1 Å². The summed E-state index contributed by atoms with van der Waals surface area (Å²) in [5.74, 6) is -0.873. The van der Waals surface area contributed by atoms with E-state index >= 15 is 0 Å². The highest BCUT2D eigenvalue weighted by molar-refractivity contribution is 5.74. The van der Waals surface area contributed by atoms with Crippen LogP contribution in [0, 0.1) is 0 Å². The highest BCUT2D eigenvalue weighted by atomic mass is 16.5. The Morgan fingerprint density at radius 2 is 2.14 bits per heavy atom. The van der Waals surface area contributed by atoms with Crippen LogP contribution in [0.3, 0.4) is 0 Å². The first-order valence-corrected chi connectivity index (χ1v) is 10.00. The smallest absolute Gasteiger partial charge is 0.407 e. The fourth-order valence-corrected chi connectivity index (χ4v) is 3.58. The lowest BCUT2D eigenvalue weighted by Gasteiger charge is -2.23. The quantitative estimate of drug-likeness (QED) is 0.670. The van der Waals surface area contributed by atoms with E-state index in [-0.39, 0.29) is 12.6 Å². The molecular formula is C21H28N4O4. The molecule has 2 atom stereocenters. The number of aromatic nitrogens is 2. The van der Waals surface area contributed by atoms with Crippen molar-refractivity contribution < 1.29 is 19.4 Å². The van der Waals surface area contributed by atoms with Crippen LogP contribution in [0.15, 0.2) is 42.9 Å². The molecular weight excluding hydrogens is 372 g/mol. The topological polar surface area (TPSA) is 96.7 Å². The van der Waals surface area contributed by atoms with Gasteiger partial charge in [0.2, 0.25) is 0 Å². The summed E-state index contributed by atoms with van der Waals surface area (Å²) in [5.41, 5.74) is 1.69. The van der Waals surface area contributed by atoms with Crippen molar-refractivity contribution in [3.63, 3.8) is 0 Å². The molecule has 8 nitrogen and oxygen atoms in total. The van der Waals surface area contributed by atoms with Crippen LogP contribution in [0.25, 0.3) is 0 Å². The lowest BCUT2D eigenvalue weighted by molar-refractivity contribution is -0.142. The summed E-state index contributed by atoms with van der Waals surface area (Å²) in [4.78, 5) is 30.1. The Bertz CT molecular complexity index is 808. The number of hydrogen-bond donors (Lipinski definition) is 2. The third-order valence-corrected chi connectivity index (χ3v) is 5.05. The predicted molar refractivity (Wildman–Crippen MR) is 107 cm³/mol. The van der Waals surface area contributed by atoms with Crippen LogP contribution in [0.1, 0.15) is 31.0 Å². The molecule has 1 saturated heterocycles. The Labute approximate surface area is 170 Å². The van der Waals surface area contributed by atoms with E-state index < -0.39 is 18.1 Å². The summed E-state index contributed by atoms with van der Waals surface area (Å²) >= 11 is 0. The largest absolute Gasteiger partial charge is 0.480 e. The van der Waals surface area contributed by atoms with Gasteiger partial charge in [0, 0.05) is 38.3 Å². The van der Waals surface area contributed by atoms with Gasteiger partial charge in [-0.3, -0.25) is 9.69 Å². The molecule has 1 aliphatic heterocycles. The number of imidazole rings is 1. The van der Waals surface area contributed by atoms with E-state index in [0.29, 0.717) is 25.9 Å². The second-order valence-electron chi connectivity index (χ2n) is 7.35. The zero-order valence-corrected chi connectivity index (χ0v) is 16.7. The molecule has 0 radical (unpaired) electrons. The van der Waals surface area contributed by atoms with Gasteiger partial charge in [-0.25, -0.2) is 9.78 Å². The van der Waals surface area contributed by atoms with E-state index in [2.05, 4.69) is 17.2 Å². The number of alkyl carbamates (subject to hydrolysis) is 1. The zero-order valence-electron chi connectivity index (χ0n) is 16.7. The van der Waals surface area contributed by atoms with Crippen LogP contribution in [-0.4, -0.2) is 56.8 Å². The Balaban J connectivity index is 1.49. The summed E-state index contributed by atoms with van der Waals surface area (Å²) in [6, 6.07) is 8.69. The molecule has 2 heterocycles. The minimum absolute atomic E-state index is 0.127. The van der Waals surface area contributed by atoms with Crippen molar-refractivity contribution in [2.24, 2.45) is 0 Å². The Hall–Kier alpha value is -2.87. The molecule has 2 aromatic rings. The number of carboxylic acid groups (broad SMARTS) is 1. The average Bonchev–Trinajstić information content (AvgIpc) is 3.35. The van der Waals surface area contributed by atoms with Crippen molar-refractivity contribution >= 4 is 12.1 Å². The summed E-state index contributed by atoms with van der Waals surface area (Å²) in [6.45, 7) is 4.25. The molecule has 1 amide bonds. The number of benzene rings is 1. The van der Waals surface area contributed by atoms with Crippen LogP contribution in [0.2, 0.25) is 0 Å². The first-order chi connectivity index (χ1) is 14.0. The minimum Gasteiger partial charge on any atom is -0.480 e. The summed E-state index contributed by atoms with van der Waals surface area (Å²) in [6.07, 6.45) is 5.20. The highest BCUT2D eigenvalue weighted by Gasteiger charge is 2.33. The molecule has 3 rings (SSSR count). The lowest BCUT2D eigenvalue weighted by atomic mass is 10.1. The number of aryl methyl sites for hydroxylation is 1. The van der Waals surface area contributed by atoms with Gasteiger partial charge in [-0.15, -0.1) is 0 Å². The van der Waals surface area contributed by atoms with Crippen molar-refractivity contribution in [2.75, 3.05) is 13.1 Å². The molecule has 2 N–H and O–H groups in total. The number of carbonyl (C=O) groups excluding carboxylic acids is 1. The first kappa shape index (κ1) is 20.9. The van der Waals surface area contributed by atoms with Gasteiger partial charge in [0.1, 0.15) is 12.6 Å². The Morgan fingerprint density at radius 3 is 2.86 bits per heavy atom. The molecule has 1 fully saturated rings. The number of nitrogens with zero attached hydrogens (tertiary/aromatic N) is 3. The van der Waals surface area contributed by atoms with Crippen molar-refractivity contribution in [3.8, 4) is 0 Å². The van der Waals surface area contributed by atoms with E-state index in [0.717, 1.165) is 24.2 Å². The van der Waals surface area contributed by atoms with Crippen LogP contribution in [0.5, 0.6) is 0 Å². The van der Waals surface area contributed by atoms with Crippen LogP contribution in [-0.2, 0) is 29.1 Å². The van der Waals surface area contributed by atoms with E-state index in [1.807, 2.05) is 46.0 Å². The number of nitrogens with one attached hydrogen (secondary N) is 1. The Morgan fingerprint density at radius 1 is 1.34 bits per heavy atom.